The lowest BCUT2D eigenvalue weighted by molar-refractivity contribution is -0.121. The Morgan fingerprint density at radius 1 is 1.08 bits per heavy atom. The molecule has 3 atom stereocenters. The molecule has 0 radical (unpaired) electrons. The van der Waals surface area contributed by atoms with E-state index in [2.05, 4.69) is 9.83 Å². The Hall–Kier alpha value is -4.31. The van der Waals surface area contributed by atoms with Gasteiger partial charge in [0.2, 0.25) is 5.70 Å². The zero-order valence-corrected chi connectivity index (χ0v) is 20.3. The predicted octanol–water partition coefficient (Wildman–Crippen LogP) is 6.48. The summed E-state index contributed by atoms with van der Waals surface area (Å²) in [6.07, 6.45) is 4.62. The maximum atomic E-state index is 15.1. The van der Waals surface area contributed by atoms with Gasteiger partial charge in [0.1, 0.15) is 11.6 Å². The molecule has 182 valence electrons. The summed E-state index contributed by atoms with van der Waals surface area (Å²) in [6, 6.07) is 12.9. The van der Waals surface area contributed by atoms with Gasteiger partial charge in [-0.3, -0.25) is 4.98 Å². The van der Waals surface area contributed by atoms with Crippen LogP contribution in [0, 0.1) is 30.0 Å². The van der Waals surface area contributed by atoms with Crippen molar-refractivity contribution in [3.8, 4) is 22.6 Å². The van der Waals surface area contributed by atoms with Crippen LogP contribution in [0.1, 0.15) is 31.5 Å². The number of Topliss-reactive ketones (excluding diaryl/α,β-unsaturated/α-hetero) is 1. The van der Waals surface area contributed by atoms with Crippen LogP contribution < -0.4 is 0 Å². The number of ketones is 1. The van der Waals surface area contributed by atoms with Gasteiger partial charge in [-0.15, -0.1) is 0 Å². The van der Waals surface area contributed by atoms with E-state index in [0.717, 1.165) is 28.1 Å². The monoisotopic (exact) mass is 492 g/mol. The van der Waals surface area contributed by atoms with Gasteiger partial charge >= 0.3 is 0 Å². The van der Waals surface area contributed by atoms with Gasteiger partial charge < -0.3 is 4.79 Å². The summed E-state index contributed by atoms with van der Waals surface area (Å²) in [5.74, 6) is -1.55. The van der Waals surface area contributed by atoms with Gasteiger partial charge in [-0.2, -0.15) is 0 Å². The first-order chi connectivity index (χ1) is 17.8. The lowest BCUT2D eigenvalue weighted by Gasteiger charge is -2.46. The number of carbonyl (C=O) groups is 1. The van der Waals surface area contributed by atoms with Gasteiger partial charge in [-0.05, 0) is 43.0 Å². The standard InChI is InChI=1S/C30H22F2N4O/c1-16-22-11-10-21-26(20-9-8-17(31)14-23(20)32)35-29(19-12-13-34-24-7-5-4-6-18(19)24)36-28(21)30(22,2)15-25(33-3)27(16)37/h4-9,12-16,22H,10-11H2,1-2H3/t16-,22-,30-/m1/s1. The molecule has 0 bridgehead atoms. The molecule has 0 amide bonds. The second-order valence-corrected chi connectivity index (χ2v) is 9.94. The molecular formula is C30H22F2N4O. The molecule has 0 saturated heterocycles. The lowest BCUT2D eigenvalue weighted by atomic mass is 9.58. The fourth-order valence-corrected chi connectivity index (χ4v) is 6.06. The van der Waals surface area contributed by atoms with Crippen molar-refractivity contribution in [3.05, 3.63) is 101 Å². The number of halogens is 2. The third kappa shape index (κ3) is 3.47. The molecule has 6 rings (SSSR count). The van der Waals surface area contributed by atoms with E-state index in [1.807, 2.05) is 44.2 Å². The van der Waals surface area contributed by atoms with Gasteiger partial charge in [0.25, 0.3) is 0 Å². The minimum absolute atomic E-state index is 0.0687. The number of allylic oxidation sites excluding steroid dienone is 2. The molecule has 37 heavy (non-hydrogen) atoms. The maximum absolute atomic E-state index is 15.1. The molecule has 0 unspecified atom stereocenters. The smallest absolute Gasteiger partial charge is 0.226 e. The van der Waals surface area contributed by atoms with Crippen molar-refractivity contribution in [1.29, 1.82) is 0 Å². The topological polar surface area (TPSA) is 60.1 Å². The molecule has 0 aliphatic heterocycles. The summed E-state index contributed by atoms with van der Waals surface area (Å²) in [5.41, 5.74) is 2.90. The minimum Gasteiger partial charge on any atom is -0.308 e. The van der Waals surface area contributed by atoms with Crippen LogP contribution in [0.2, 0.25) is 0 Å². The maximum Gasteiger partial charge on any atom is 0.226 e. The highest BCUT2D eigenvalue weighted by molar-refractivity contribution is 6.00. The molecule has 2 aliphatic rings. The number of rotatable bonds is 2. The number of aromatic nitrogens is 3. The Kier molecular flexibility index (Phi) is 5.23. The number of benzene rings is 2. The Labute approximate surface area is 212 Å². The van der Waals surface area contributed by atoms with Gasteiger partial charge in [0.15, 0.2) is 11.6 Å². The molecule has 0 saturated carbocycles. The van der Waals surface area contributed by atoms with Crippen LogP contribution >= 0.6 is 0 Å². The van der Waals surface area contributed by atoms with Crippen LogP contribution in [0.3, 0.4) is 0 Å². The molecule has 7 heteroatoms. The van der Waals surface area contributed by atoms with E-state index in [1.165, 1.54) is 12.1 Å². The van der Waals surface area contributed by atoms with Gasteiger partial charge in [0.05, 0.1) is 23.5 Å². The van der Waals surface area contributed by atoms with Crippen LogP contribution in [0.15, 0.2) is 66.5 Å². The highest BCUT2D eigenvalue weighted by Crippen LogP contribution is 2.51. The van der Waals surface area contributed by atoms with Gasteiger partial charge in [-0.25, -0.2) is 23.6 Å². The normalized spacial score (nSPS) is 22.7. The summed E-state index contributed by atoms with van der Waals surface area (Å²) < 4.78 is 29.0. The second kappa shape index (κ2) is 8.38. The highest BCUT2D eigenvalue weighted by Gasteiger charge is 2.49. The molecule has 2 aliphatic carbocycles. The summed E-state index contributed by atoms with van der Waals surface area (Å²) >= 11 is 0. The summed E-state index contributed by atoms with van der Waals surface area (Å²) in [4.78, 5) is 30.7. The summed E-state index contributed by atoms with van der Waals surface area (Å²) in [6.45, 7) is 11.5. The molecule has 0 spiro atoms. The minimum atomic E-state index is -0.730. The molecule has 2 aromatic heterocycles. The number of hydrogen-bond donors (Lipinski definition) is 0. The number of carbonyl (C=O) groups excluding carboxylic acids is 1. The zero-order valence-electron chi connectivity index (χ0n) is 20.3. The van der Waals surface area contributed by atoms with E-state index in [4.69, 9.17) is 16.5 Å². The van der Waals surface area contributed by atoms with Crippen molar-refractivity contribution in [1.82, 2.24) is 15.0 Å². The first-order valence-electron chi connectivity index (χ1n) is 12.2. The Morgan fingerprint density at radius 2 is 1.89 bits per heavy atom. The zero-order chi connectivity index (χ0) is 25.9. The Balaban J connectivity index is 1.70. The molecular weight excluding hydrogens is 470 g/mol. The first kappa shape index (κ1) is 23.1. The highest BCUT2D eigenvalue weighted by atomic mass is 19.1. The Morgan fingerprint density at radius 3 is 2.68 bits per heavy atom. The van der Waals surface area contributed by atoms with E-state index in [1.54, 1.807) is 12.3 Å². The van der Waals surface area contributed by atoms with Crippen molar-refractivity contribution in [2.45, 2.75) is 32.1 Å². The Bertz CT molecular complexity index is 1680. The number of para-hydroxylation sites is 1. The van der Waals surface area contributed by atoms with Crippen LogP contribution in [-0.4, -0.2) is 20.7 Å². The van der Waals surface area contributed by atoms with Gasteiger partial charge in [-0.1, -0.05) is 38.1 Å². The molecule has 2 aromatic carbocycles. The van der Waals surface area contributed by atoms with E-state index < -0.39 is 17.0 Å². The molecule has 0 N–H and O–H groups in total. The lowest BCUT2D eigenvalue weighted by Crippen LogP contribution is -2.46. The fraction of sp³-hybridized carbons (Fsp3) is 0.233. The molecule has 4 aromatic rings. The molecule has 2 heterocycles. The average Bonchev–Trinajstić information content (AvgIpc) is 2.90. The van der Waals surface area contributed by atoms with E-state index in [9.17, 15) is 9.18 Å². The number of pyridine rings is 1. The van der Waals surface area contributed by atoms with Crippen molar-refractivity contribution < 1.29 is 13.6 Å². The summed E-state index contributed by atoms with van der Waals surface area (Å²) in [7, 11) is 0. The quantitative estimate of drug-likeness (QED) is 0.301. The largest absolute Gasteiger partial charge is 0.308 e. The van der Waals surface area contributed by atoms with Crippen molar-refractivity contribution >= 4 is 16.7 Å². The third-order valence-electron chi connectivity index (χ3n) is 7.90. The van der Waals surface area contributed by atoms with Crippen LogP contribution in [0.5, 0.6) is 0 Å². The number of nitrogens with zero attached hydrogens (tertiary/aromatic N) is 4. The molecule has 5 nitrogen and oxygen atoms in total. The van der Waals surface area contributed by atoms with E-state index in [-0.39, 0.29) is 28.9 Å². The van der Waals surface area contributed by atoms with Crippen LogP contribution in [0.4, 0.5) is 8.78 Å². The third-order valence-corrected chi connectivity index (χ3v) is 7.90. The van der Waals surface area contributed by atoms with Crippen LogP contribution in [-0.2, 0) is 16.6 Å². The van der Waals surface area contributed by atoms with Crippen molar-refractivity contribution in [2.24, 2.45) is 11.8 Å². The van der Waals surface area contributed by atoms with Gasteiger partial charge in [0, 0.05) is 45.7 Å². The van der Waals surface area contributed by atoms with E-state index in [0.29, 0.717) is 30.1 Å². The first-order valence-corrected chi connectivity index (χ1v) is 12.2. The second-order valence-electron chi connectivity index (χ2n) is 9.94. The average molecular weight is 493 g/mol. The number of hydrogen-bond acceptors (Lipinski definition) is 4. The molecule has 0 fully saturated rings. The van der Waals surface area contributed by atoms with Crippen molar-refractivity contribution in [3.63, 3.8) is 0 Å². The predicted molar refractivity (Wildman–Crippen MR) is 136 cm³/mol. The van der Waals surface area contributed by atoms with Crippen LogP contribution in [0.25, 0.3) is 38.4 Å². The SMILES string of the molecule is [C-]#[N+]C1=C[C@@]2(C)c3nc(-c4ccnc5ccccc45)nc(-c4ccc(F)cc4F)c3CC[C@@H]2[C@@H](C)C1=O. The fourth-order valence-electron chi connectivity index (χ4n) is 6.06. The van der Waals surface area contributed by atoms with E-state index >= 15 is 4.39 Å². The van der Waals surface area contributed by atoms with Crippen molar-refractivity contribution in [2.75, 3.05) is 0 Å². The summed E-state index contributed by atoms with van der Waals surface area (Å²) in [5, 5.41) is 0.845. The number of fused-ring (bicyclic) bond motifs is 4.